The van der Waals surface area contributed by atoms with Gasteiger partial charge in [-0.2, -0.15) is 0 Å². The largest absolute Gasteiger partial charge is 0.409 e. The molecule has 0 unspecified atom stereocenters. The van der Waals surface area contributed by atoms with Gasteiger partial charge in [-0.1, -0.05) is 29.4 Å². The SMILES string of the molecule is CNC(=O)C(C)(C)CNCc1ccc(/C(N)=N/O)cc1. The normalized spacial score (nSPS) is 12.2. The average Bonchev–Trinajstić information content (AvgIpc) is 2.46. The summed E-state index contributed by atoms with van der Waals surface area (Å²) in [4.78, 5) is 11.6. The summed E-state index contributed by atoms with van der Waals surface area (Å²) >= 11 is 0. The molecule has 6 heteroatoms. The third-order valence-electron chi connectivity index (χ3n) is 3.10. The Hall–Kier alpha value is -2.08. The molecule has 0 saturated carbocycles. The quantitative estimate of drug-likeness (QED) is 0.265. The zero-order valence-corrected chi connectivity index (χ0v) is 12.1. The van der Waals surface area contributed by atoms with Crippen LogP contribution in [0.3, 0.4) is 0 Å². The van der Waals surface area contributed by atoms with E-state index in [1.165, 1.54) is 0 Å². The first-order valence-corrected chi connectivity index (χ1v) is 6.40. The average molecular weight is 278 g/mol. The third kappa shape index (κ3) is 4.24. The number of benzene rings is 1. The van der Waals surface area contributed by atoms with Crippen LogP contribution in [0.4, 0.5) is 0 Å². The van der Waals surface area contributed by atoms with Crippen molar-refractivity contribution in [1.82, 2.24) is 10.6 Å². The Bertz CT molecular complexity index is 480. The van der Waals surface area contributed by atoms with Gasteiger partial charge in [-0.15, -0.1) is 0 Å². The summed E-state index contributed by atoms with van der Waals surface area (Å²) in [5.74, 6) is 0.0949. The van der Waals surface area contributed by atoms with Crippen LogP contribution in [0.15, 0.2) is 29.4 Å². The molecule has 0 saturated heterocycles. The molecule has 1 rings (SSSR count). The summed E-state index contributed by atoms with van der Waals surface area (Å²) in [5, 5.41) is 17.4. The second-order valence-electron chi connectivity index (χ2n) is 5.25. The molecule has 0 spiro atoms. The van der Waals surface area contributed by atoms with E-state index in [0.29, 0.717) is 18.7 Å². The molecule has 20 heavy (non-hydrogen) atoms. The van der Waals surface area contributed by atoms with E-state index in [2.05, 4.69) is 15.8 Å². The van der Waals surface area contributed by atoms with Crippen molar-refractivity contribution in [2.24, 2.45) is 16.3 Å². The first-order chi connectivity index (χ1) is 9.40. The van der Waals surface area contributed by atoms with Crippen molar-refractivity contribution in [1.29, 1.82) is 0 Å². The van der Waals surface area contributed by atoms with Gasteiger partial charge in [-0.05, 0) is 19.4 Å². The zero-order chi connectivity index (χ0) is 15.2. The van der Waals surface area contributed by atoms with Gasteiger partial charge in [0, 0.05) is 25.7 Å². The number of nitrogens with two attached hydrogens (primary N) is 1. The number of amidine groups is 1. The molecule has 0 fully saturated rings. The molecule has 1 aromatic carbocycles. The lowest BCUT2D eigenvalue weighted by atomic mass is 9.92. The Morgan fingerprint density at radius 1 is 1.35 bits per heavy atom. The first kappa shape index (κ1) is 16.0. The molecule has 110 valence electrons. The maximum Gasteiger partial charge on any atom is 0.226 e. The predicted molar refractivity (Wildman–Crippen MR) is 78.5 cm³/mol. The number of rotatable bonds is 6. The Kier molecular flexibility index (Phi) is 5.52. The minimum atomic E-state index is -0.456. The number of nitrogens with zero attached hydrogens (tertiary/aromatic N) is 1. The fourth-order valence-corrected chi connectivity index (χ4v) is 1.79. The van der Waals surface area contributed by atoms with Gasteiger partial charge in [0.1, 0.15) is 0 Å². The minimum Gasteiger partial charge on any atom is -0.409 e. The molecule has 5 N–H and O–H groups in total. The highest BCUT2D eigenvalue weighted by Gasteiger charge is 2.25. The lowest BCUT2D eigenvalue weighted by Crippen LogP contribution is -2.41. The molecule has 0 bridgehead atoms. The van der Waals surface area contributed by atoms with Gasteiger partial charge in [0.15, 0.2) is 5.84 Å². The van der Waals surface area contributed by atoms with E-state index >= 15 is 0 Å². The van der Waals surface area contributed by atoms with Crippen molar-refractivity contribution in [2.45, 2.75) is 20.4 Å². The van der Waals surface area contributed by atoms with E-state index < -0.39 is 5.41 Å². The van der Waals surface area contributed by atoms with Crippen molar-refractivity contribution < 1.29 is 10.0 Å². The second-order valence-corrected chi connectivity index (χ2v) is 5.25. The maximum absolute atomic E-state index is 11.6. The molecule has 0 heterocycles. The van der Waals surface area contributed by atoms with Gasteiger partial charge in [0.25, 0.3) is 0 Å². The Balaban J connectivity index is 2.53. The van der Waals surface area contributed by atoms with Crippen LogP contribution in [0.2, 0.25) is 0 Å². The van der Waals surface area contributed by atoms with E-state index in [1.54, 1.807) is 19.2 Å². The predicted octanol–water partition coefficient (Wildman–Crippen LogP) is 0.643. The molecule has 6 nitrogen and oxygen atoms in total. The Morgan fingerprint density at radius 3 is 2.45 bits per heavy atom. The number of carbonyl (C=O) groups is 1. The van der Waals surface area contributed by atoms with Crippen LogP contribution in [-0.2, 0) is 11.3 Å². The third-order valence-corrected chi connectivity index (χ3v) is 3.10. The summed E-state index contributed by atoms with van der Waals surface area (Å²) in [5.41, 5.74) is 6.77. The molecule has 0 aliphatic rings. The summed E-state index contributed by atoms with van der Waals surface area (Å²) in [6.07, 6.45) is 0. The van der Waals surface area contributed by atoms with Gasteiger partial charge in [0.2, 0.25) is 5.91 Å². The topological polar surface area (TPSA) is 99.7 Å². The fraction of sp³-hybridized carbons (Fsp3) is 0.429. The van der Waals surface area contributed by atoms with Crippen LogP contribution in [-0.4, -0.2) is 30.5 Å². The van der Waals surface area contributed by atoms with Crippen LogP contribution >= 0.6 is 0 Å². The number of nitrogens with one attached hydrogen (secondary N) is 2. The molecule has 0 aliphatic heterocycles. The summed E-state index contributed by atoms with van der Waals surface area (Å²) in [6.45, 7) is 5.01. The highest BCUT2D eigenvalue weighted by Crippen LogP contribution is 2.13. The van der Waals surface area contributed by atoms with Gasteiger partial charge in [0.05, 0.1) is 5.41 Å². The summed E-state index contributed by atoms with van der Waals surface area (Å²) in [6, 6.07) is 7.37. The molecular weight excluding hydrogens is 256 g/mol. The standard InChI is InChI=1S/C14H22N4O2/c1-14(2,13(19)16-3)9-17-8-10-4-6-11(7-5-10)12(15)18-20/h4-7,17,20H,8-9H2,1-3H3,(H2,15,18)(H,16,19). The molecule has 1 amide bonds. The van der Waals surface area contributed by atoms with Gasteiger partial charge in [-0.3, -0.25) is 4.79 Å². The smallest absolute Gasteiger partial charge is 0.226 e. The van der Waals surface area contributed by atoms with Gasteiger partial charge < -0.3 is 21.6 Å². The van der Waals surface area contributed by atoms with Crippen molar-refractivity contribution >= 4 is 11.7 Å². The molecular formula is C14H22N4O2. The molecule has 0 atom stereocenters. The van der Waals surface area contributed by atoms with Crippen LogP contribution < -0.4 is 16.4 Å². The van der Waals surface area contributed by atoms with Gasteiger partial charge >= 0.3 is 0 Å². The molecule has 0 aliphatic carbocycles. The Morgan fingerprint density at radius 2 is 1.95 bits per heavy atom. The number of oxime groups is 1. The fourth-order valence-electron chi connectivity index (χ4n) is 1.79. The van der Waals surface area contributed by atoms with Crippen molar-refractivity contribution in [2.75, 3.05) is 13.6 Å². The second kappa shape index (κ2) is 6.91. The van der Waals surface area contributed by atoms with E-state index in [4.69, 9.17) is 10.9 Å². The minimum absolute atomic E-state index is 0.00674. The highest BCUT2D eigenvalue weighted by atomic mass is 16.4. The zero-order valence-electron chi connectivity index (χ0n) is 12.1. The summed E-state index contributed by atoms with van der Waals surface area (Å²) in [7, 11) is 1.63. The van der Waals surface area contributed by atoms with Crippen LogP contribution in [0.1, 0.15) is 25.0 Å². The van der Waals surface area contributed by atoms with Crippen molar-refractivity contribution in [3.63, 3.8) is 0 Å². The lowest BCUT2D eigenvalue weighted by Gasteiger charge is -2.22. The number of hydrogen-bond acceptors (Lipinski definition) is 4. The maximum atomic E-state index is 11.6. The highest BCUT2D eigenvalue weighted by molar-refractivity contribution is 5.96. The van der Waals surface area contributed by atoms with Crippen molar-refractivity contribution in [3.8, 4) is 0 Å². The van der Waals surface area contributed by atoms with Crippen LogP contribution in [0, 0.1) is 5.41 Å². The van der Waals surface area contributed by atoms with Gasteiger partial charge in [-0.25, -0.2) is 0 Å². The number of amides is 1. The number of carbonyl (C=O) groups excluding carboxylic acids is 1. The monoisotopic (exact) mass is 278 g/mol. The molecule has 0 radical (unpaired) electrons. The summed E-state index contributed by atoms with van der Waals surface area (Å²) < 4.78 is 0. The lowest BCUT2D eigenvalue weighted by molar-refractivity contribution is -0.128. The van der Waals surface area contributed by atoms with E-state index in [-0.39, 0.29) is 11.7 Å². The Labute approximate surface area is 119 Å². The van der Waals surface area contributed by atoms with Crippen LogP contribution in [0.25, 0.3) is 0 Å². The van der Waals surface area contributed by atoms with Crippen LogP contribution in [0.5, 0.6) is 0 Å². The molecule has 1 aromatic rings. The van der Waals surface area contributed by atoms with Crippen molar-refractivity contribution in [3.05, 3.63) is 35.4 Å². The van der Waals surface area contributed by atoms with E-state index in [0.717, 1.165) is 5.56 Å². The number of hydrogen-bond donors (Lipinski definition) is 4. The molecule has 0 aromatic heterocycles. The van der Waals surface area contributed by atoms with E-state index in [1.807, 2.05) is 26.0 Å². The van der Waals surface area contributed by atoms with E-state index in [9.17, 15) is 4.79 Å². The first-order valence-electron chi connectivity index (χ1n) is 6.40.